The molecule has 0 heterocycles. The third-order valence-corrected chi connectivity index (χ3v) is 5.78. The van der Waals surface area contributed by atoms with E-state index < -0.39 is 18.1 Å². The van der Waals surface area contributed by atoms with Crippen molar-refractivity contribution in [3.05, 3.63) is 0 Å². The smallest absolute Gasteiger partial charge is 0.231 e. The molecule has 0 aromatic carbocycles. The molecule has 0 aromatic rings. The maximum atomic E-state index is 11.6. The normalized spacial score (nSPS) is 15.9. The van der Waals surface area contributed by atoms with Crippen molar-refractivity contribution >= 4 is 24.0 Å². The van der Waals surface area contributed by atoms with Crippen LogP contribution in [0.2, 0.25) is 26.2 Å². The largest absolute Gasteiger partial charge is 0.416 e. The van der Waals surface area contributed by atoms with Gasteiger partial charge in [0, 0.05) is 13.1 Å². The molecule has 2 N–H and O–H groups in total. The van der Waals surface area contributed by atoms with Gasteiger partial charge >= 0.3 is 0 Å². The summed E-state index contributed by atoms with van der Waals surface area (Å²) in [5.74, 6) is -0.302. The van der Waals surface area contributed by atoms with Crippen molar-refractivity contribution in [2.24, 2.45) is 16.6 Å². The number of amides is 1. The zero-order chi connectivity index (χ0) is 20.0. The Bertz CT molecular complexity index is 374. The van der Waals surface area contributed by atoms with E-state index in [0.29, 0.717) is 13.1 Å². The van der Waals surface area contributed by atoms with Crippen LogP contribution in [0.1, 0.15) is 41.5 Å². The van der Waals surface area contributed by atoms with E-state index in [-0.39, 0.29) is 35.5 Å². The summed E-state index contributed by atoms with van der Waals surface area (Å²) in [5, 5.41) is 0. The second-order valence-electron chi connectivity index (χ2n) is 9.74. The predicted octanol–water partition coefficient (Wildman–Crippen LogP) is 2.60. The molecule has 0 bridgehead atoms. The molecule has 0 spiro atoms. The van der Waals surface area contributed by atoms with Gasteiger partial charge in [-0.15, -0.1) is 0 Å². The van der Waals surface area contributed by atoms with Crippen molar-refractivity contribution in [3.63, 3.8) is 0 Å². The third kappa shape index (κ3) is 11.2. The van der Waals surface area contributed by atoms with Crippen LogP contribution in [0, 0.1) is 10.8 Å². The molecular formula is C18H42N2O3Si2. The van der Waals surface area contributed by atoms with Gasteiger partial charge in [-0.1, -0.05) is 41.5 Å². The van der Waals surface area contributed by atoms with Crippen LogP contribution in [0.15, 0.2) is 0 Å². The molecule has 0 saturated heterocycles. The van der Waals surface area contributed by atoms with E-state index in [2.05, 4.69) is 72.6 Å². The molecule has 5 nitrogen and oxygen atoms in total. The van der Waals surface area contributed by atoms with Gasteiger partial charge in [0.2, 0.25) is 5.91 Å². The highest BCUT2D eigenvalue weighted by Gasteiger charge is 2.33. The lowest BCUT2D eigenvalue weighted by Gasteiger charge is -2.40. The minimum Gasteiger partial charge on any atom is -0.416 e. The summed E-state index contributed by atoms with van der Waals surface area (Å²) < 4.78 is 12.6. The fraction of sp³-hybridized carbons (Fsp3) is 0.944. The molecule has 0 saturated carbocycles. The van der Waals surface area contributed by atoms with Crippen molar-refractivity contribution in [1.82, 2.24) is 4.90 Å². The Kier molecular flexibility index (Phi) is 10.1. The Morgan fingerprint density at radius 1 is 0.880 bits per heavy atom. The Labute approximate surface area is 159 Å². The number of hydrogen-bond donors (Lipinski definition) is 1. The molecular weight excluding hydrogens is 348 g/mol. The summed E-state index contributed by atoms with van der Waals surface area (Å²) in [6, 6.07) is 0. The van der Waals surface area contributed by atoms with Crippen LogP contribution >= 0.6 is 0 Å². The molecule has 150 valence electrons. The Balaban J connectivity index is 5.34. The molecule has 0 radical (unpaired) electrons. The summed E-state index contributed by atoms with van der Waals surface area (Å²) in [4.78, 5) is 13.8. The molecule has 2 unspecified atom stereocenters. The number of hydrogen-bond acceptors (Lipinski definition) is 4. The summed E-state index contributed by atoms with van der Waals surface area (Å²) >= 11 is 0. The lowest BCUT2D eigenvalue weighted by atomic mass is 9.87. The highest BCUT2D eigenvalue weighted by atomic mass is 28.3. The minimum absolute atomic E-state index is 0.0120. The van der Waals surface area contributed by atoms with Gasteiger partial charge in [0.1, 0.15) is 0 Å². The second-order valence-corrected chi connectivity index (χ2v) is 14.5. The van der Waals surface area contributed by atoms with Crippen LogP contribution in [0.5, 0.6) is 0 Å². The van der Waals surface area contributed by atoms with Crippen molar-refractivity contribution < 1.29 is 13.6 Å². The fourth-order valence-corrected chi connectivity index (χ4v) is 4.89. The first kappa shape index (κ1) is 24.8. The Morgan fingerprint density at radius 3 is 1.40 bits per heavy atom. The molecule has 25 heavy (non-hydrogen) atoms. The van der Waals surface area contributed by atoms with E-state index in [1.807, 2.05) is 0 Å². The van der Waals surface area contributed by atoms with Gasteiger partial charge < -0.3 is 14.6 Å². The molecule has 0 aromatic heterocycles. The highest BCUT2D eigenvalue weighted by molar-refractivity contribution is 6.48. The molecule has 0 aliphatic rings. The summed E-state index contributed by atoms with van der Waals surface area (Å²) in [5.41, 5.74) is 5.54. The molecule has 2 atom stereocenters. The fourth-order valence-electron chi connectivity index (χ4n) is 2.59. The van der Waals surface area contributed by atoms with Crippen LogP contribution in [0.3, 0.4) is 0 Å². The molecule has 7 heteroatoms. The van der Waals surface area contributed by atoms with Gasteiger partial charge in [0.15, 0.2) is 18.1 Å². The number of rotatable bonds is 10. The number of carbonyl (C=O) groups is 1. The number of nitrogens with two attached hydrogens (primary N) is 1. The van der Waals surface area contributed by atoms with Gasteiger partial charge in [-0.2, -0.15) is 0 Å². The van der Waals surface area contributed by atoms with Crippen molar-refractivity contribution in [3.8, 4) is 0 Å². The van der Waals surface area contributed by atoms with Crippen LogP contribution in [-0.2, 0) is 13.6 Å². The van der Waals surface area contributed by atoms with Gasteiger partial charge in [-0.25, -0.2) is 0 Å². The molecule has 0 aliphatic carbocycles. The van der Waals surface area contributed by atoms with Crippen LogP contribution in [0.4, 0.5) is 0 Å². The first-order valence-electron chi connectivity index (χ1n) is 9.44. The summed E-state index contributed by atoms with van der Waals surface area (Å²) in [6.07, 6.45) is 0.158. The summed E-state index contributed by atoms with van der Waals surface area (Å²) in [6.45, 7) is 23.5. The van der Waals surface area contributed by atoms with Gasteiger partial charge in [-0.05, 0) is 37.0 Å². The monoisotopic (exact) mass is 390 g/mol. The van der Waals surface area contributed by atoms with Crippen molar-refractivity contribution in [2.45, 2.75) is 79.9 Å². The van der Waals surface area contributed by atoms with Gasteiger partial charge in [-0.3, -0.25) is 9.69 Å². The zero-order valence-corrected chi connectivity index (χ0v) is 20.5. The standard InChI is InChI=1S/C18H42N2O3Si2/c1-17(2,3)14(22-24(7)8)11-20(13-16(19)21)12-15(18(4,5)6)23-25(9)10/h14-15,24-25H,11-13H2,1-10H3,(H2,19,21). The lowest BCUT2D eigenvalue weighted by molar-refractivity contribution is -0.120. The predicted molar refractivity (Wildman–Crippen MR) is 112 cm³/mol. The van der Waals surface area contributed by atoms with E-state index in [4.69, 9.17) is 14.6 Å². The molecule has 1 amide bonds. The van der Waals surface area contributed by atoms with E-state index in [1.165, 1.54) is 0 Å². The first-order chi connectivity index (χ1) is 11.1. The Morgan fingerprint density at radius 2 is 1.20 bits per heavy atom. The third-order valence-electron chi connectivity index (χ3n) is 4.03. The van der Waals surface area contributed by atoms with E-state index in [9.17, 15) is 4.79 Å². The first-order valence-corrected chi connectivity index (χ1v) is 15.0. The average molecular weight is 391 g/mol. The molecule has 0 aliphatic heterocycles. The lowest BCUT2D eigenvalue weighted by Crippen LogP contribution is -2.50. The van der Waals surface area contributed by atoms with E-state index in [0.717, 1.165) is 0 Å². The Hall–Kier alpha value is -0.216. The second kappa shape index (κ2) is 10.2. The highest BCUT2D eigenvalue weighted by Crippen LogP contribution is 2.27. The number of carbonyl (C=O) groups excluding carboxylic acids is 1. The van der Waals surface area contributed by atoms with E-state index >= 15 is 0 Å². The van der Waals surface area contributed by atoms with Crippen LogP contribution in [0.25, 0.3) is 0 Å². The van der Waals surface area contributed by atoms with Crippen LogP contribution < -0.4 is 5.73 Å². The van der Waals surface area contributed by atoms with E-state index in [1.54, 1.807) is 0 Å². The quantitative estimate of drug-likeness (QED) is 0.582. The SMILES string of the molecule is C[SiH](C)OC(CN(CC(N)=O)CC(O[SiH](C)C)C(C)(C)C)C(C)(C)C. The van der Waals surface area contributed by atoms with Gasteiger partial charge in [0.25, 0.3) is 0 Å². The average Bonchev–Trinajstić information content (AvgIpc) is 2.32. The number of nitrogens with zero attached hydrogens (tertiary/aromatic N) is 1. The van der Waals surface area contributed by atoms with Crippen molar-refractivity contribution in [1.29, 1.82) is 0 Å². The van der Waals surface area contributed by atoms with Crippen LogP contribution in [-0.4, -0.2) is 60.7 Å². The topological polar surface area (TPSA) is 64.8 Å². The van der Waals surface area contributed by atoms with Gasteiger partial charge in [0.05, 0.1) is 18.8 Å². The summed E-state index contributed by atoms with van der Waals surface area (Å²) in [7, 11) is -2.37. The van der Waals surface area contributed by atoms with Crippen molar-refractivity contribution in [2.75, 3.05) is 19.6 Å². The maximum absolute atomic E-state index is 11.6. The zero-order valence-electron chi connectivity index (χ0n) is 18.2. The molecule has 0 fully saturated rings. The maximum Gasteiger partial charge on any atom is 0.231 e. The minimum atomic E-state index is -1.18. The number of primary amides is 1. The molecule has 0 rings (SSSR count).